The molecule has 0 unspecified atom stereocenters. The first-order valence-corrected chi connectivity index (χ1v) is 6.18. The first-order valence-electron chi connectivity index (χ1n) is 5.54. The van der Waals surface area contributed by atoms with Crippen LogP contribution in [0, 0.1) is 0 Å². The zero-order valence-corrected chi connectivity index (χ0v) is 10.7. The molecule has 2 nitrogen and oxygen atoms in total. The molecule has 1 aromatic carbocycles. The van der Waals surface area contributed by atoms with Gasteiger partial charge in [0.05, 0.1) is 0 Å². The number of aryl methyl sites for hydroxylation is 1. The molecule has 0 saturated heterocycles. The molecule has 0 bridgehead atoms. The van der Waals surface area contributed by atoms with Crippen LogP contribution in [0.5, 0.6) is 0 Å². The molecule has 2 aromatic rings. The van der Waals surface area contributed by atoms with Crippen LogP contribution in [-0.2, 0) is 13.6 Å². The van der Waals surface area contributed by atoms with Gasteiger partial charge in [0.15, 0.2) is 0 Å². The number of thiol groups is 1. The summed E-state index contributed by atoms with van der Waals surface area (Å²) in [5.41, 5.74) is 2.69. The van der Waals surface area contributed by atoms with Gasteiger partial charge in [0.1, 0.15) is 0 Å². The van der Waals surface area contributed by atoms with Gasteiger partial charge in [0, 0.05) is 43.0 Å². The Hall–Kier alpha value is -0.930. The van der Waals surface area contributed by atoms with E-state index in [1.165, 1.54) is 16.5 Å². The minimum atomic E-state index is 0.904. The lowest BCUT2D eigenvalue weighted by molar-refractivity contribution is 0.350. The predicted molar refractivity (Wildman–Crippen MR) is 73.1 cm³/mol. The molecule has 2 rings (SSSR count). The fraction of sp³-hybridized carbons (Fsp3) is 0.385. The van der Waals surface area contributed by atoms with Gasteiger partial charge in [-0.3, -0.25) is 0 Å². The Morgan fingerprint density at radius 3 is 2.81 bits per heavy atom. The molecular formula is C13H18N2S. The first-order chi connectivity index (χ1) is 7.72. The maximum Gasteiger partial charge on any atom is 0.0481 e. The van der Waals surface area contributed by atoms with E-state index in [-0.39, 0.29) is 0 Å². The van der Waals surface area contributed by atoms with Crippen molar-refractivity contribution in [3.8, 4) is 0 Å². The van der Waals surface area contributed by atoms with Crippen molar-refractivity contribution in [2.45, 2.75) is 6.54 Å². The van der Waals surface area contributed by atoms with Gasteiger partial charge >= 0.3 is 0 Å². The first kappa shape index (κ1) is 11.6. The van der Waals surface area contributed by atoms with Gasteiger partial charge < -0.3 is 9.47 Å². The van der Waals surface area contributed by atoms with Crippen LogP contribution in [0.3, 0.4) is 0 Å². The average Bonchev–Trinajstić information content (AvgIpc) is 2.57. The van der Waals surface area contributed by atoms with Crippen LogP contribution < -0.4 is 0 Å². The average molecular weight is 234 g/mol. The largest absolute Gasteiger partial charge is 0.350 e. The van der Waals surface area contributed by atoms with Crippen molar-refractivity contribution in [3.63, 3.8) is 0 Å². The summed E-state index contributed by atoms with van der Waals surface area (Å²) in [6, 6.07) is 8.55. The lowest BCUT2D eigenvalue weighted by Crippen LogP contribution is -2.19. The van der Waals surface area contributed by atoms with Crippen molar-refractivity contribution in [2.24, 2.45) is 7.05 Å². The van der Waals surface area contributed by atoms with Crippen molar-refractivity contribution in [1.82, 2.24) is 9.47 Å². The molecule has 0 aliphatic heterocycles. The molecule has 0 spiro atoms. The molecule has 1 heterocycles. The standard InChI is InChI=1S/C13H18N2S/c1-14(7-8-16)9-11-10-15(2)13-6-4-3-5-12(11)13/h3-6,10,16H,7-9H2,1-2H3. The molecule has 0 aliphatic rings. The summed E-state index contributed by atoms with van der Waals surface area (Å²) in [6.45, 7) is 2.01. The van der Waals surface area contributed by atoms with Gasteiger partial charge in [0.2, 0.25) is 0 Å². The number of hydrogen-bond acceptors (Lipinski definition) is 2. The Kier molecular flexibility index (Phi) is 3.56. The second-order valence-corrected chi connectivity index (χ2v) is 4.69. The van der Waals surface area contributed by atoms with Crippen LogP contribution >= 0.6 is 12.6 Å². The van der Waals surface area contributed by atoms with Gasteiger partial charge in [-0.25, -0.2) is 0 Å². The van der Waals surface area contributed by atoms with Crippen molar-refractivity contribution < 1.29 is 0 Å². The number of para-hydroxylation sites is 1. The molecule has 0 saturated carbocycles. The van der Waals surface area contributed by atoms with Crippen LogP contribution in [0.4, 0.5) is 0 Å². The van der Waals surface area contributed by atoms with Crippen molar-refractivity contribution >= 4 is 23.5 Å². The molecule has 0 atom stereocenters. The van der Waals surface area contributed by atoms with Crippen LogP contribution in [0.2, 0.25) is 0 Å². The van der Waals surface area contributed by atoms with Gasteiger partial charge in [-0.2, -0.15) is 12.6 Å². The monoisotopic (exact) mass is 234 g/mol. The van der Waals surface area contributed by atoms with E-state index >= 15 is 0 Å². The highest BCUT2D eigenvalue weighted by Crippen LogP contribution is 2.21. The smallest absolute Gasteiger partial charge is 0.0481 e. The summed E-state index contributed by atoms with van der Waals surface area (Å²) < 4.78 is 2.19. The Labute approximate surface area is 102 Å². The summed E-state index contributed by atoms with van der Waals surface area (Å²) in [7, 11) is 4.24. The molecular weight excluding hydrogens is 216 g/mol. The highest BCUT2D eigenvalue weighted by molar-refractivity contribution is 7.80. The number of rotatable bonds is 4. The summed E-state index contributed by atoms with van der Waals surface area (Å²) >= 11 is 4.26. The van der Waals surface area contributed by atoms with Crippen molar-refractivity contribution in [2.75, 3.05) is 19.3 Å². The van der Waals surface area contributed by atoms with E-state index in [1.807, 2.05) is 0 Å². The van der Waals surface area contributed by atoms with Gasteiger partial charge in [0.25, 0.3) is 0 Å². The molecule has 1 aromatic heterocycles. The van der Waals surface area contributed by atoms with Crippen LogP contribution in [0.1, 0.15) is 5.56 Å². The predicted octanol–water partition coefficient (Wildman–Crippen LogP) is 2.54. The normalized spacial score (nSPS) is 11.5. The third kappa shape index (κ3) is 2.25. The fourth-order valence-electron chi connectivity index (χ4n) is 2.09. The molecule has 0 fully saturated rings. The molecule has 0 amide bonds. The molecule has 16 heavy (non-hydrogen) atoms. The Morgan fingerprint density at radius 1 is 1.31 bits per heavy atom. The zero-order chi connectivity index (χ0) is 11.5. The number of nitrogens with zero attached hydrogens (tertiary/aromatic N) is 2. The van der Waals surface area contributed by atoms with Crippen LogP contribution in [-0.4, -0.2) is 28.8 Å². The second kappa shape index (κ2) is 4.93. The number of hydrogen-bond donors (Lipinski definition) is 1. The van der Waals surface area contributed by atoms with E-state index in [0.717, 1.165) is 18.8 Å². The Bertz CT molecular complexity index is 476. The third-order valence-corrected chi connectivity index (χ3v) is 3.10. The Morgan fingerprint density at radius 2 is 2.06 bits per heavy atom. The molecule has 86 valence electrons. The summed E-state index contributed by atoms with van der Waals surface area (Å²) in [5, 5.41) is 1.36. The fourth-order valence-corrected chi connectivity index (χ4v) is 2.43. The number of aromatic nitrogens is 1. The topological polar surface area (TPSA) is 8.17 Å². The van der Waals surface area contributed by atoms with Crippen LogP contribution in [0.25, 0.3) is 10.9 Å². The van der Waals surface area contributed by atoms with E-state index in [1.54, 1.807) is 0 Å². The van der Waals surface area contributed by atoms with E-state index in [4.69, 9.17) is 0 Å². The SMILES string of the molecule is CN(CCS)Cc1cn(C)c2ccccc12. The number of fused-ring (bicyclic) bond motifs is 1. The second-order valence-electron chi connectivity index (χ2n) is 4.24. The minimum absolute atomic E-state index is 0.904. The summed E-state index contributed by atoms with van der Waals surface area (Å²) in [5.74, 6) is 0.904. The van der Waals surface area contributed by atoms with E-state index in [2.05, 4.69) is 66.7 Å². The minimum Gasteiger partial charge on any atom is -0.350 e. The molecule has 0 radical (unpaired) electrons. The molecule has 0 aliphatic carbocycles. The number of benzene rings is 1. The third-order valence-electron chi connectivity index (χ3n) is 2.90. The van der Waals surface area contributed by atoms with Gasteiger partial charge in [-0.1, -0.05) is 18.2 Å². The van der Waals surface area contributed by atoms with E-state index in [0.29, 0.717) is 0 Å². The van der Waals surface area contributed by atoms with Gasteiger partial charge in [-0.05, 0) is 18.7 Å². The van der Waals surface area contributed by atoms with Crippen LogP contribution in [0.15, 0.2) is 30.5 Å². The van der Waals surface area contributed by atoms with E-state index in [9.17, 15) is 0 Å². The van der Waals surface area contributed by atoms with Crippen molar-refractivity contribution in [1.29, 1.82) is 0 Å². The summed E-state index contributed by atoms with van der Waals surface area (Å²) in [6.07, 6.45) is 2.22. The van der Waals surface area contributed by atoms with Crippen molar-refractivity contribution in [3.05, 3.63) is 36.0 Å². The quantitative estimate of drug-likeness (QED) is 0.799. The van der Waals surface area contributed by atoms with Gasteiger partial charge in [-0.15, -0.1) is 0 Å². The maximum absolute atomic E-state index is 4.26. The summed E-state index contributed by atoms with van der Waals surface area (Å²) in [4.78, 5) is 2.30. The molecule has 0 N–H and O–H groups in total. The molecule has 3 heteroatoms. The maximum atomic E-state index is 4.26. The lowest BCUT2D eigenvalue weighted by atomic mass is 10.2. The zero-order valence-electron chi connectivity index (χ0n) is 9.85. The highest BCUT2D eigenvalue weighted by Gasteiger charge is 2.07. The van der Waals surface area contributed by atoms with E-state index < -0.39 is 0 Å². The highest BCUT2D eigenvalue weighted by atomic mass is 32.1. The Balaban J connectivity index is 2.31. The lowest BCUT2D eigenvalue weighted by Gasteiger charge is -2.14.